The van der Waals surface area contributed by atoms with Gasteiger partial charge in [-0.25, -0.2) is 10.4 Å². The minimum atomic E-state index is -0.983. The third kappa shape index (κ3) is 8.07. The van der Waals surface area contributed by atoms with Crippen molar-refractivity contribution >= 4 is 46.6 Å². The van der Waals surface area contributed by atoms with Crippen molar-refractivity contribution in [2.24, 2.45) is 11.3 Å². The zero-order valence-electron chi connectivity index (χ0n) is 27.1. The summed E-state index contributed by atoms with van der Waals surface area (Å²) in [5.41, 5.74) is 4.03. The summed E-state index contributed by atoms with van der Waals surface area (Å²) in [6, 6.07) is 6.99. The number of hydrazine groups is 1. The zero-order valence-corrected chi connectivity index (χ0v) is 27.1. The summed E-state index contributed by atoms with van der Waals surface area (Å²) in [5.74, 6) is -2.39. The number of benzene rings is 1. The van der Waals surface area contributed by atoms with Crippen LogP contribution in [-0.2, 0) is 38.2 Å². The molecule has 2 saturated heterocycles. The minimum absolute atomic E-state index is 0.147. The van der Waals surface area contributed by atoms with E-state index in [0.717, 1.165) is 10.9 Å². The molecule has 3 heterocycles. The first-order valence-corrected chi connectivity index (χ1v) is 15.4. The number of nitrogens with one attached hydrogen (secondary N) is 3. The second-order valence-electron chi connectivity index (χ2n) is 12.2. The van der Waals surface area contributed by atoms with E-state index < -0.39 is 47.4 Å². The molecule has 1 aromatic heterocycles. The molecule has 2 aliphatic rings. The first-order chi connectivity index (χ1) is 21.8. The highest BCUT2D eigenvalue weighted by Gasteiger charge is 2.45. The molecule has 2 aromatic rings. The maximum Gasteiger partial charge on any atom is 0.324 e. The third-order valence-electron chi connectivity index (χ3n) is 8.17. The Morgan fingerprint density at radius 1 is 1.09 bits per heavy atom. The van der Waals surface area contributed by atoms with Crippen LogP contribution in [0.5, 0.6) is 0 Å². The largest absolute Gasteiger partial charge is 0.468 e. The number of nitrogens with zero attached hydrogens (tertiary/aromatic N) is 2. The van der Waals surface area contributed by atoms with Crippen LogP contribution in [0.15, 0.2) is 36.4 Å². The van der Waals surface area contributed by atoms with Gasteiger partial charge in [0, 0.05) is 18.9 Å². The summed E-state index contributed by atoms with van der Waals surface area (Å²) < 4.78 is 15.5. The standard InChI is InChI=1S/C33H43N5O8/c1-19(2)28(29(40)34-20(3)30(41)38-15-7-8-26(37-38)31(42)44-6)36-32(43)33(17-45-18-33)14-13-23-9-10-24-11-12-25(35-27(24)16-23)21(4)46-22(5)39/h9-14,16,19-21,26,28,37H,7-8,15,17-18H2,1-6H3,(H,34,40)(H,36,43). The fourth-order valence-corrected chi connectivity index (χ4v) is 5.35. The average Bonchev–Trinajstić information content (AvgIpc) is 3.01. The smallest absolute Gasteiger partial charge is 0.324 e. The van der Waals surface area contributed by atoms with Gasteiger partial charge in [-0.05, 0) is 50.3 Å². The summed E-state index contributed by atoms with van der Waals surface area (Å²) in [7, 11) is 1.29. The molecule has 1 aromatic carbocycles. The Bertz CT molecular complexity index is 1500. The molecule has 0 spiro atoms. The topological polar surface area (TPSA) is 165 Å². The fourth-order valence-electron chi connectivity index (χ4n) is 5.35. The van der Waals surface area contributed by atoms with E-state index in [1.54, 1.807) is 19.9 Å². The van der Waals surface area contributed by atoms with E-state index >= 15 is 0 Å². The van der Waals surface area contributed by atoms with E-state index in [4.69, 9.17) is 14.2 Å². The Balaban J connectivity index is 1.42. The van der Waals surface area contributed by atoms with Gasteiger partial charge in [-0.1, -0.05) is 44.2 Å². The van der Waals surface area contributed by atoms with E-state index in [2.05, 4.69) is 21.0 Å². The normalized spacial score (nSPS) is 19.5. The van der Waals surface area contributed by atoms with Gasteiger partial charge in [-0.3, -0.25) is 29.0 Å². The first kappa shape index (κ1) is 34.5. The maximum atomic E-state index is 13.6. The molecule has 3 amide bonds. The summed E-state index contributed by atoms with van der Waals surface area (Å²) in [6.45, 7) is 8.97. The van der Waals surface area contributed by atoms with Crippen LogP contribution in [0.4, 0.5) is 0 Å². The quantitative estimate of drug-likeness (QED) is 0.311. The fraction of sp³-hybridized carbons (Fsp3) is 0.515. The summed E-state index contributed by atoms with van der Waals surface area (Å²) in [6.07, 6.45) is 4.25. The van der Waals surface area contributed by atoms with Crippen molar-refractivity contribution in [3.8, 4) is 0 Å². The molecular formula is C33H43N5O8. The van der Waals surface area contributed by atoms with Crippen LogP contribution in [0.2, 0.25) is 0 Å². The Kier molecular flexibility index (Phi) is 11.1. The number of hydrogen-bond acceptors (Lipinski definition) is 10. The number of esters is 2. The number of methoxy groups -OCH3 is 1. The van der Waals surface area contributed by atoms with E-state index in [9.17, 15) is 24.0 Å². The number of hydrogen-bond donors (Lipinski definition) is 3. The Morgan fingerprint density at radius 3 is 2.43 bits per heavy atom. The summed E-state index contributed by atoms with van der Waals surface area (Å²) in [4.78, 5) is 68.0. The second kappa shape index (κ2) is 14.8. The van der Waals surface area contributed by atoms with Gasteiger partial charge in [0.25, 0.3) is 5.91 Å². The number of fused-ring (bicyclic) bond motifs is 1. The summed E-state index contributed by atoms with van der Waals surface area (Å²) >= 11 is 0. The van der Waals surface area contributed by atoms with Crippen molar-refractivity contribution in [1.82, 2.24) is 26.1 Å². The monoisotopic (exact) mass is 637 g/mol. The number of ether oxygens (including phenoxy) is 3. The van der Waals surface area contributed by atoms with Crippen LogP contribution < -0.4 is 16.1 Å². The predicted molar refractivity (Wildman–Crippen MR) is 168 cm³/mol. The molecule has 0 radical (unpaired) electrons. The minimum Gasteiger partial charge on any atom is -0.468 e. The van der Waals surface area contributed by atoms with Crippen molar-refractivity contribution < 1.29 is 38.2 Å². The molecule has 2 fully saturated rings. The molecule has 13 nitrogen and oxygen atoms in total. The number of rotatable bonds is 11. The maximum absolute atomic E-state index is 13.6. The van der Waals surface area contributed by atoms with Crippen molar-refractivity contribution in [2.45, 2.75) is 71.7 Å². The molecule has 4 atom stereocenters. The zero-order chi connectivity index (χ0) is 33.6. The summed E-state index contributed by atoms with van der Waals surface area (Å²) in [5, 5.41) is 7.84. The van der Waals surface area contributed by atoms with Crippen LogP contribution in [0.25, 0.3) is 17.0 Å². The van der Waals surface area contributed by atoms with Crippen LogP contribution in [0, 0.1) is 11.3 Å². The number of amides is 3. The van der Waals surface area contributed by atoms with Crippen LogP contribution >= 0.6 is 0 Å². The van der Waals surface area contributed by atoms with Gasteiger partial charge in [-0.15, -0.1) is 0 Å². The lowest BCUT2D eigenvalue weighted by atomic mass is 9.83. The van der Waals surface area contributed by atoms with E-state index in [1.807, 2.05) is 50.3 Å². The van der Waals surface area contributed by atoms with Gasteiger partial charge in [0.05, 0.1) is 31.5 Å². The molecular weight excluding hydrogens is 594 g/mol. The number of carbonyl (C=O) groups is 5. The van der Waals surface area contributed by atoms with Gasteiger partial charge in [0.15, 0.2) is 0 Å². The highest BCUT2D eigenvalue weighted by atomic mass is 16.5. The van der Waals surface area contributed by atoms with Gasteiger partial charge >= 0.3 is 11.9 Å². The molecule has 4 unspecified atom stereocenters. The molecule has 46 heavy (non-hydrogen) atoms. The van der Waals surface area contributed by atoms with Gasteiger partial charge in [0.2, 0.25) is 11.8 Å². The van der Waals surface area contributed by atoms with Crippen LogP contribution in [0.3, 0.4) is 0 Å². The Labute approximate surface area is 268 Å². The number of pyridine rings is 1. The second-order valence-corrected chi connectivity index (χ2v) is 12.2. The lowest BCUT2D eigenvalue weighted by Gasteiger charge is -2.39. The van der Waals surface area contributed by atoms with Gasteiger partial charge in [-0.2, -0.15) is 0 Å². The highest BCUT2D eigenvalue weighted by Crippen LogP contribution is 2.31. The molecule has 248 valence electrons. The lowest BCUT2D eigenvalue weighted by molar-refractivity contribution is -0.154. The average molecular weight is 638 g/mol. The SMILES string of the molecule is COC(=O)C1CCCN(C(=O)C(C)NC(=O)C(NC(=O)C2(C=Cc3ccc4ccc(C(C)OC(C)=O)nc4c3)COC2)C(C)C)N1. The van der Waals surface area contributed by atoms with E-state index in [-0.39, 0.29) is 31.0 Å². The molecule has 0 bridgehead atoms. The molecule has 3 N–H and O–H groups in total. The van der Waals surface area contributed by atoms with Crippen molar-refractivity contribution in [3.05, 3.63) is 47.7 Å². The van der Waals surface area contributed by atoms with E-state index in [1.165, 1.54) is 19.0 Å². The molecule has 4 rings (SSSR count). The highest BCUT2D eigenvalue weighted by molar-refractivity contribution is 5.94. The third-order valence-corrected chi connectivity index (χ3v) is 8.17. The number of aromatic nitrogens is 1. The van der Waals surface area contributed by atoms with Crippen LogP contribution in [-0.4, -0.2) is 84.6 Å². The van der Waals surface area contributed by atoms with Crippen LogP contribution in [0.1, 0.15) is 64.8 Å². The molecule has 0 saturated carbocycles. The Hall–Kier alpha value is -4.36. The number of carbonyl (C=O) groups excluding carboxylic acids is 5. The van der Waals surface area contributed by atoms with E-state index in [0.29, 0.717) is 30.6 Å². The first-order valence-electron chi connectivity index (χ1n) is 15.4. The molecule has 13 heteroatoms. The van der Waals surface area contributed by atoms with Crippen molar-refractivity contribution in [3.63, 3.8) is 0 Å². The Morgan fingerprint density at radius 2 is 1.80 bits per heavy atom. The molecule has 2 aliphatic heterocycles. The van der Waals surface area contributed by atoms with Gasteiger partial charge < -0.3 is 24.8 Å². The molecule has 0 aliphatic carbocycles. The van der Waals surface area contributed by atoms with Crippen molar-refractivity contribution in [1.29, 1.82) is 0 Å². The lowest BCUT2D eigenvalue weighted by Crippen LogP contribution is -2.62. The van der Waals surface area contributed by atoms with Crippen molar-refractivity contribution in [2.75, 3.05) is 26.9 Å². The predicted octanol–water partition coefficient (Wildman–Crippen LogP) is 2.20. The van der Waals surface area contributed by atoms with Gasteiger partial charge in [0.1, 0.15) is 29.6 Å².